The van der Waals surface area contributed by atoms with Gasteiger partial charge in [0.15, 0.2) is 16.7 Å². The average Bonchev–Trinajstić information content (AvgIpc) is 3.61. The molecule has 1 amide bonds. The molecular weight excluding hydrogens is 547 g/mol. The first-order valence-electron chi connectivity index (χ1n) is 12.8. The average molecular weight is 574 g/mol. The number of aromatic nitrogens is 3. The molecule has 198 valence electrons. The first-order chi connectivity index (χ1) is 19.1. The van der Waals surface area contributed by atoms with Crippen LogP contribution in [-0.4, -0.2) is 38.3 Å². The molecule has 5 aromatic rings. The van der Waals surface area contributed by atoms with Crippen LogP contribution in [0.3, 0.4) is 0 Å². The monoisotopic (exact) mass is 573 g/mol. The smallest absolute Gasteiger partial charge is 0.219 e. The van der Waals surface area contributed by atoms with E-state index >= 15 is 0 Å². The Labute approximate surface area is 239 Å². The van der Waals surface area contributed by atoms with Crippen molar-refractivity contribution in [3.8, 4) is 11.5 Å². The zero-order valence-electron chi connectivity index (χ0n) is 21.4. The molecule has 1 atom stereocenters. The van der Waals surface area contributed by atoms with Crippen molar-refractivity contribution in [2.75, 3.05) is 11.9 Å². The fraction of sp³-hybridized carbons (Fsp3) is 0.241. The minimum atomic E-state index is 0.143. The number of pyridine rings is 2. The van der Waals surface area contributed by atoms with E-state index in [9.17, 15) is 4.79 Å². The quantitative estimate of drug-likeness (QED) is 0.203. The first-order valence-corrected chi connectivity index (χ1v) is 15.4. The lowest BCUT2D eigenvalue weighted by molar-refractivity contribution is -0.132. The summed E-state index contributed by atoms with van der Waals surface area (Å²) < 4.78 is 7.45. The van der Waals surface area contributed by atoms with Gasteiger partial charge in [0.2, 0.25) is 5.91 Å². The third kappa shape index (κ3) is 6.08. The number of ether oxygens (including phenoxy) is 1. The Morgan fingerprint density at radius 3 is 2.92 bits per heavy atom. The SMILES string of the molecule is CC(=O)N1CCCCC1Cc1csc(Nc2ncc(Sc3ccnc4ccsc34)cc2Oc2ccccc2)n1. The summed E-state index contributed by atoms with van der Waals surface area (Å²) in [4.78, 5) is 30.2. The van der Waals surface area contributed by atoms with Crippen molar-refractivity contribution in [2.45, 2.75) is 48.4 Å². The Morgan fingerprint density at radius 2 is 2.05 bits per heavy atom. The van der Waals surface area contributed by atoms with Gasteiger partial charge in [0, 0.05) is 59.6 Å². The van der Waals surface area contributed by atoms with E-state index in [1.54, 1.807) is 30.0 Å². The van der Waals surface area contributed by atoms with Gasteiger partial charge >= 0.3 is 0 Å². The van der Waals surface area contributed by atoms with Crippen molar-refractivity contribution < 1.29 is 9.53 Å². The number of benzene rings is 1. The van der Waals surface area contributed by atoms with Crippen LogP contribution in [0.5, 0.6) is 11.5 Å². The molecule has 10 heteroatoms. The van der Waals surface area contributed by atoms with E-state index in [1.807, 2.05) is 65.8 Å². The van der Waals surface area contributed by atoms with Gasteiger partial charge < -0.3 is 15.0 Å². The van der Waals surface area contributed by atoms with Gasteiger partial charge in [0.1, 0.15) is 5.75 Å². The van der Waals surface area contributed by atoms with Crippen molar-refractivity contribution in [2.24, 2.45) is 0 Å². The summed E-state index contributed by atoms with van der Waals surface area (Å²) >= 11 is 4.86. The van der Waals surface area contributed by atoms with Gasteiger partial charge in [-0.2, -0.15) is 0 Å². The topological polar surface area (TPSA) is 80.2 Å². The summed E-state index contributed by atoms with van der Waals surface area (Å²) in [6, 6.07) is 16.0. The van der Waals surface area contributed by atoms with Crippen LogP contribution in [0.15, 0.2) is 81.5 Å². The van der Waals surface area contributed by atoms with E-state index in [0.717, 1.165) is 68.8 Å². The Balaban J connectivity index is 1.24. The number of amides is 1. The van der Waals surface area contributed by atoms with E-state index in [2.05, 4.69) is 21.1 Å². The minimum absolute atomic E-state index is 0.143. The maximum Gasteiger partial charge on any atom is 0.219 e. The Morgan fingerprint density at radius 1 is 1.15 bits per heavy atom. The van der Waals surface area contributed by atoms with Crippen LogP contribution >= 0.6 is 34.4 Å². The van der Waals surface area contributed by atoms with Crippen LogP contribution in [0.4, 0.5) is 10.9 Å². The second-order valence-electron chi connectivity index (χ2n) is 9.31. The van der Waals surface area contributed by atoms with Gasteiger partial charge in [-0.25, -0.2) is 9.97 Å². The molecule has 0 spiro atoms. The minimum Gasteiger partial charge on any atom is -0.453 e. The molecule has 1 N–H and O–H groups in total. The van der Waals surface area contributed by atoms with Crippen LogP contribution in [0.1, 0.15) is 31.9 Å². The van der Waals surface area contributed by atoms with Crippen molar-refractivity contribution in [1.82, 2.24) is 19.9 Å². The zero-order chi connectivity index (χ0) is 26.6. The first kappa shape index (κ1) is 25.8. The van der Waals surface area contributed by atoms with E-state index in [-0.39, 0.29) is 11.9 Å². The van der Waals surface area contributed by atoms with Crippen molar-refractivity contribution in [3.63, 3.8) is 0 Å². The highest BCUT2D eigenvalue weighted by molar-refractivity contribution is 7.99. The van der Waals surface area contributed by atoms with Gasteiger partial charge in [-0.3, -0.25) is 9.78 Å². The molecule has 5 heterocycles. The number of carbonyl (C=O) groups excluding carboxylic acids is 1. The number of likely N-dealkylation sites (tertiary alicyclic amines) is 1. The van der Waals surface area contributed by atoms with Crippen molar-refractivity contribution >= 4 is 61.5 Å². The molecule has 39 heavy (non-hydrogen) atoms. The Hall–Kier alpha value is -3.47. The number of thiophene rings is 1. The predicted octanol–water partition coefficient (Wildman–Crippen LogP) is 7.78. The van der Waals surface area contributed by atoms with E-state index < -0.39 is 0 Å². The summed E-state index contributed by atoms with van der Waals surface area (Å²) in [5.41, 5.74) is 1.98. The fourth-order valence-corrected chi connectivity index (χ4v) is 7.36. The highest BCUT2D eigenvalue weighted by Gasteiger charge is 2.25. The van der Waals surface area contributed by atoms with Crippen LogP contribution in [0, 0.1) is 0 Å². The molecule has 1 aromatic carbocycles. The van der Waals surface area contributed by atoms with Crippen LogP contribution in [-0.2, 0) is 11.2 Å². The lowest BCUT2D eigenvalue weighted by Crippen LogP contribution is -2.43. The maximum atomic E-state index is 12.1. The molecule has 0 aliphatic carbocycles. The second kappa shape index (κ2) is 11.7. The number of hydrogen-bond acceptors (Lipinski definition) is 9. The number of nitrogens with one attached hydrogen (secondary N) is 1. The van der Waals surface area contributed by atoms with Crippen LogP contribution in [0.25, 0.3) is 10.2 Å². The van der Waals surface area contributed by atoms with E-state index in [1.165, 1.54) is 11.3 Å². The number of fused-ring (bicyclic) bond motifs is 1. The molecule has 0 saturated carbocycles. The van der Waals surface area contributed by atoms with Gasteiger partial charge in [0.05, 0.1) is 15.9 Å². The Kier molecular flexibility index (Phi) is 7.76. The number of carbonyl (C=O) groups is 1. The largest absolute Gasteiger partial charge is 0.453 e. The highest BCUT2D eigenvalue weighted by Crippen LogP contribution is 2.39. The molecule has 1 unspecified atom stereocenters. The van der Waals surface area contributed by atoms with E-state index in [0.29, 0.717) is 11.6 Å². The Bertz CT molecular complexity index is 1590. The zero-order valence-corrected chi connectivity index (χ0v) is 23.8. The van der Waals surface area contributed by atoms with Crippen molar-refractivity contribution in [1.29, 1.82) is 0 Å². The summed E-state index contributed by atoms with van der Waals surface area (Å²) in [6.07, 6.45) is 7.69. The number of para-hydroxylation sites is 1. The van der Waals surface area contributed by atoms with Gasteiger partial charge in [-0.15, -0.1) is 22.7 Å². The predicted molar refractivity (Wildman–Crippen MR) is 159 cm³/mol. The lowest BCUT2D eigenvalue weighted by atomic mass is 9.98. The summed E-state index contributed by atoms with van der Waals surface area (Å²) in [5.74, 6) is 2.10. The van der Waals surface area contributed by atoms with Crippen LogP contribution < -0.4 is 10.1 Å². The lowest BCUT2D eigenvalue weighted by Gasteiger charge is -2.34. The number of nitrogens with zero attached hydrogens (tertiary/aromatic N) is 4. The molecule has 1 fully saturated rings. The second-order valence-corrected chi connectivity index (χ2v) is 12.2. The molecule has 0 bridgehead atoms. The van der Waals surface area contributed by atoms with Crippen LogP contribution in [0.2, 0.25) is 0 Å². The number of hydrogen-bond donors (Lipinski definition) is 1. The molecule has 6 rings (SSSR count). The third-order valence-electron chi connectivity index (χ3n) is 6.59. The number of piperidine rings is 1. The number of thiazole rings is 1. The van der Waals surface area contributed by atoms with Gasteiger partial charge in [-0.05, 0) is 48.9 Å². The third-order valence-corrected chi connectivity index (χ3v) is 9.48. The fourth-order valence-electron chi connectivity index (χ4n) is 4.75. The standard InChI is InChI=1S/C29H27N5O2S3/c1-19(35)34-13-6-5-7-21(34)15-20-18-38-29(32-20)33-28-25(36-22-8-3-2-4-9-22)16-23(17-31-28)39-26-10-12-30-24-11-14-37-27(24)26/h2-4,8-12,14,16-18,21H,5-7,13,15H2,1H3,(H,31,32,33). The molecule has 4 aromatic heterocycles. The maximum absolute atomic E-state index is 12.1. The number of rotatable bonds is 8. The van der Waals surface area contributed by atoms with E-state index in [4.69, 9.17) is 14.7 Å². The molecule has 1 saturated heterocycles. The molecule has 7 nitrogen and oxygen atoms in total. The normalized spacial score (nSPS) is 15.4. The summed E-state index contributed by atoms with van der Waals surface area (Å²) in [5, 5.41) is 8.24. The van der Waals surface area contributed by atoms with Gasteiger partial charge in [0.25, 0.3) is 0 Å². The van der Waals surface area contributed by atoms with Gasteiger partial charge in [-0.1, -0.05) is 30.0 Å². The molecular formula is C29H27N5O2S3. The molecule has 0 radical (unpaired) electrons. The number of anilines is 2. The molecule has 1 aliphatic rings. The van der Waals surface area contributed by atoms with Crippen molar-refractivity contribution in [3.05, 3.63) is 77.4 Å². The molecule has 1 aliphatic heterocycles. The highest BCUT2D eigenvalue weighted by atomic mass is 32.2. The summed E-state index contributed by atoms with van der Waals surface area (Å²) in [6.45, 7) is 2.49. The summed E-state index contributed by atoms with van der Waals surface area (Å²) in [7, 11) is 0.